The topological polar surface area (TPSA) is 173 Å². The van der Waals surface area contributed by atoms with Crippen molar-refractivity contribution in [2.75, 3.05) is 0 Å². The van der Waals surface area contributed by atoms with Gasteiger partial charge in [-0.05, 0) is 60.2 Å². The second kappa shape index (κ2) is 14.5. The van der Waals surface area contributed by atoms with E-state index in [1.165, 1.54) is 133 Å². The molecule has 0 heterocycles. The van der Waals surface area contributed by atoms with Gasteiger partial charge in [-0.3, -0.25) is 0 Å². The summed E-state index contributed by atoms with van der Waals surface area (Å²) in [7, 11) is -22.0. The molecule has 0 saturated carbocycles. The van der Waals surface area contributed by atoms with Gasteiger partial charge in [-0.15, -0.1) is 0 Å². The second-order valence-electron chi connectivity index (χ2n) is 10.7. The number of hydrogen-bond donors (Lipinski definition) is 0. The number of benzene rings is 6. The molecular formula is C36H26O12S4. The molecule has 0 saturated heterocycles. The van der Waals surface area contributed by atoms with E-state index in [0.717, 1.165) is 0 Å². The zero-order valence-electron chi connectivity index (χ0n) is 26.5. The minimum absolute atomic E-state index is 0.0435. The van der Waals surface area contributed by atoms with E-state index < -0.39 is 65.6 Å². The van der Waals surface area contributed by atoms with Crippen LogP contribution < -0.4 is 16.7 Å². The van der Waals surface area contributed by atoms with E-state index in [2.05, 4.69) is 0 Å². The van der Waals surface area contributed by atoms with Crippen molar-refractivity contribution in [1.82, 2.24) is 0 Å². The van der Waals surface area contributed by atoms with Crippen LogP contribution in [0.2, 0.25) is 0 Å². The van der Waals surface area contributed by atoms with E-state index in [1.807, 2.05) is 0 Å². The Morgan fingerprint density at radius 1 is 0.308 bits per heavy atom. The van der Waals surface area contributed by atoms with Crippen LogP contribution in [0.4, 0.5) is 0 Å². The van der Waals surface area contributed by atoms with Gasteiger partial charge in [-0.2, -0.15) is 33.7 Å². The molecule has 0 spiro atoms. The van der Waals surface area contributed by atoms with Crippen molar-refractivity contribution < 1.29 is 50.4 Å². The van der Waals surface area contributed by atoms with Crippen LogP contribution >= 0.6 is 0 Å². The zero-order valence-corrected chi connectivity index (χ0v) is 29.8. The summed E-state index contributed by atoms with van der Waals surface area (Å²) in [5.41, 5.74) is -0.626. The van der Waals surface area contributed by atoms with Gasteiger partial charge in [0.1, 0.15) is 32.8 Å². The van der Waals surface area contributed by atoms with Gasteiger partial charge in [-0.25, -0.2) is 0 Å². The maximum absolute atomic E-state index is 14.6. The smallest absolute Gasteiger partial charge is 0.342 e. The maximum atomic E-state index is 14.6. The SMILES string of the molecule is O=S(=O)(Oc1ccccc1)c1cc(-c2ccccc2)c(S(=O)(=O)Oc2ccccc2)c(S(=O)(=O)Oc2ccccc2)c1S(=O)(=O)Oc1ccccc1. The van der Waals surface area contributed by atoms with Gasteiger partial charge in [0.05, 0.1) is 0 Å². The predicted molar refractivity (Wildman–Crippen MR) is 189 cm³/mol. The molecule has 0 aliphatic heterocycles. The monoisotopic (exact) mass is 778 g/mol. The van der Waals surface area contributed by atoms with E-state index >= 15 is 0 Å². The number of para-hydroxylation sites is 4. The highest BCUT2D eigenvalue weighted by Gasteiger charge is 2.45. The Kier molecular flexibility index (Phi) is 10.1. The lowest BCUT2D eigenvalue weighted by molar-refractivity contribution is 0.452. The first-order chi connectivity index (χ1) is 24.8. The normalized spacial score (nSPS) is 12.1. The van der Waals surface area contributed by atoms with E-state index in [4.69, 9.17) is 16.7 Å². The standard InChI is InChI=1S/C36H26O12S4/c37-49(38,45-28-18-8-2-9-19-28)33-26-32(27-16-6-1-7-17-27)34(50(39,40)46-29-20-10-3-11-21-29)36(52(43,44)48-31-24-14-5-15-25-31)35(33)51(41,42)47-30-22-12-4-13-23-30/h1-26H. The molecule has 52 heavy (non-hydrogen) atoms. The first kappa shape index (κ1) is 36.1. The molecule has 0 amide bonds. The predicted octanol–water partition coefficient (Wildman–Crippen LogP) is 6.42. The largest absolute Gasteiger partial charge is 0.379 e. The molecule has 0 aliphatic rings. The molecule has 0 aromatic heterocycles. The Hall–Kier alpha value is -5.68. The van der Waals surface area contributed by atoms with Crippen LogP contribution in [0.5, 0.6) is 23.0 Å². The summed E-state index contributed by atoms with van der Waals surface area (Å²) in [5.74, 6) is -1.27. The maximum Gasteiger partial charge on any atom is 0.342 e. The van der Waals surface area contributed by atoms with E-state index in [1.54, 1.807) is 18.2 Å². The number of rotatable bonds is 13. The molecule has 0 N–H and O–H groups in total. The second-order valence-corrected chi connectivity index (χ2v) is 16.6. The van der Waals surface area contributed by atoms with Gasteiger partial charge in [0.25, 0.3) is 0 Å². The van der Waals surface area contributed by atoms with Crippen molar-refractivity contribution in [2.24, 2.45) is 0 Å². The van der Waals surface area contributed by atoms with Crippen LogP contribution in [0.1, 0.15) is 0 Å². The molecule has 0 atom stereocenters. The van der Waals surface area contributed by atoms with E-state index in [-0.39, 0.29) is 28.6 Å². The van der Waals surface area contributed by atoms with Crippen molar-refractivity contribution in [2.45, 2.75) is 19.6 Å². The summed E-state index contributed by atoms with van der Waals surface area (Å²) in [4.78, 5) is -5.76. The van der Waals surface area contributed by atoms with Crippen LogP contribution in [-0.4, -0.2) is 33.7 Å². The minimum atomic E-state index is -5.65. The van der Waals surface area contributed by atoms with E-state index in [9.17, 15) is 33.7 Å². The fourth-order valence-corrected chi connectivity index (χ4v) is 11.3. The first-order valence-corrected chi connectivity index (χ1v) is 20.6. The lowest BCUT2D eigenvalue weighted by atomic mass is 10.1. The molecule has 0 unspecified atom stereocenters. The summed E-state index contributed by atoms with van der Waals surface area (Å²) < 4.78 is 137. The molecule has 0 radical (unpaired) electrons. The Labute approximate surface area is 301 Å². The molecule has 6 aromatic rings. The highest BCUT2D eigenvalue weighted by atomic mass is 32.2. The lowest BCUT2D eigenvalue weighted by Gasteiger charge is -2.22. The molecule has 0 aliphatic carbocycles. The van der Waals surface area contributed by atoms with Gasteiger partial charge in [-0.1, -0.05) is 103 Å². The third-order valence-electron chi connectivity index (χ3n) is 7.06. The molecule has 266 valence electrons. The molecular weight excluding hydrogens is 753 g/mol. The molecule has 0 bridgehead atoms. The summed E-state index contributed by atoms with van der Waals surface area (Å²) >= 11 is 0. The van der Waals surface area contributed by atoms with Crippen LogP contribution in [0.3, 0.4) is 0 Å². The van der Waals surface area contributed by atoms with Crippen LogP contribution in [0, 0.1) is 0 Å². The third kappa shape index (κ3) is 7.94. The van der Waals surface area contributed by atoms with Crippen LogP contribution in [-0.2, 0) is 40.5 Å². The first-order valence-electron chi connectivity index (χ1n) is 15.0. The average molecular weight is 779 g/mol. The Balaban J connectivity index is 1.79. The highest BCUT2D eigenvalue weighted by molar-refractivity contribution is 7.93. The summed E-state index contributed by atoms with van der Waals surface area (Å²) in [5, 5.41) is 0. The highest BCUT2D eigenvalue weighted by Crippen LogP contribution is 2.44. The molecule has 16 heteroatoms. The lowest BCUT2D eigenvalue weighted by Crippen LogP contribution is -2.27. The van der Waals surface area contributed by atoms with Crippen molar-refractivity contribution in [3.05, 3.63) is 158 Å². The Bertz CT molecular complexity index is 2640. The summed E-state index contributed by atoms with van der Waals surface area (Å²) in [6.07, 6.45) is 0. The fraction of sp³-hybridized carbons (Fsp3) is 0. The Morgan fingerprint density at radius 2 is 0.596 bits per heavy atom. The molecule has 6 rings (SSSR count). The van der Waals surface area contributed by atoms with Crippen LogP contribution in [0.15, 0.2) is 177 Å². The van der Waals surface area contributed by atoms with Crippen LogP contribution in [0.25, 0.3) is 11.1 Å². The summed E-state index contributed by atoms with van der Waals surface area (Å²) in [6.45, 7) is 0. The van der Waals surface area contributed by atoms with Crippen molar-refractivity contribution in [3.8, 4) is 34.1 Å². The van der Waals surface area contributed by atoms with Gasteiger partial charge in [0.2, 0.25) is 0 Å². The summed E-state index contributed by atoms with van der Waals surface area (Å²) in [6, 6.07) is 35.3. The quantitative estimate of drug-likeness (QED) is 0.118. The fourth-order valence-electron chi connectivity index (χ4n) is 4.91. The Morgan fingerprint density at radius 3 is 0.962 bits per heavy atom. The average Bonchev–Trinajstić information content (AvgIpc) is 3.12. The molecule has 12 nitrogen and oxygen atoms in total. The molecule has 0 fully saturated rings. The van der Waals surface area contributed by atoms with Gasteiger partial charge in [0, 0.05) is 5.56 Å². The van der Waals surface area contributed by atoms with Gasteiger partial charge >= 0.3 is 40.5 Å². The number of hydrogen-bond acceptors (Lipinski definition) is 12. The zero-order chi connectivity index (χ0) is 37.0. The van der Waals surface area contributed by atoms with E-state index in [0.29, 0.717) is 6.07 Å². The van der Waals surface area contributed by atoms with Crippen molar-refractivity contribution in [3.63, 3.8) is 0 Å². The van der Waals surface area contributed by atoms with Gasteiger partial charge in [0.15, 0.2) is 9.79 Å². The molecule has 6 aromatic carbocycles. The van der Waals surface area contributed by atoms with Crippen molar-refractivity contribution in [1.29, 1.82) is 0 Å². The van der Waals surface area contributed by atoms with Gasteiger partial charge < -0.3 is 16.7 Å². The van der Waals surface area contributed by atoms with Crippen molar-refractivity contribution >= 4 is 40.5 Å². The minimum Gasteiger partial charge on any atom is -0.379 e. The third-order valence-corrected chi connectivity index (χ3v) is 12.7.